The Balaban J connectivity index is 1.82. The summed E-state index contributed by atoms with van der Waals surface area (Å²) in [4.78, 5) is 38.7. The molecule has 0 spiro atoms. The van der Waals surface area contributed by atoms with Gasteiger partial charge in [-0.15, -0.1) is 11.3 Å². The number of benzene rings is 1. The molecule has 0 aliphatic carbocycles. The average Bonchev–Trinajstić information content (AvgIpc) is 3.12. The van der Waals surface area contributed by atoms with Gasteiger partial charge in [-0.25, -0.2) is 15.0 Å². The molecular formula is C17H15N5O2S. The minimum Gasteiger partial charge on any atom is -0.345 e. The molecule has 126 valence electrons. The van der Waals surface area contributed by atoms with E-state index in [1.807, 2.05) is 0 Å². The number of nitrogens with zero attached hydrogens (tertiary/aromatic N) is 4. The van der Waals surface area contributed by atoms with Crippen LogP contribution in [-0.4, -0.2) is 45.8 Å². The smallest absolute Gasteiger partial charge is 0.275 e. The summed E-state index contributed by atoms with van der Waals surface area (Å²) in [7, 11) is 3.32. The lowest BCUT2D eigenvalue weighted by Crippen LogP contribution is -2.24. The molecule has 8 heteroatoms. The van der Waals surface area contributed by atoms with Crippen molar-refractivity contribution in [3.63, 3.8) is 0 Å². The van der Waals surface area contributed by atoms with Crippen LogP contribution in [0.1, 0.15) is 20.8 Å². The van der Waals surface area contributed by atoms with Crippen molar-refractivity contribution in [1.29, 1.82) is 0 Å². The molecule has 7 nitrogen and oxygen atoms in total. The van der Waals surface area contributed by atoms with E-state index in [4.69, 9.17) is 0 Å². The fraction of sp³-hybridized carbons (Fsp3) is 0.118. The third kappa shape index (κ3) is 3.69. The molecule has 2 heterocycles. The first-order valence-electron chi connectivity index (χ1n) is 7.41. The van der Waals surface area contributed by atoms with Crippen molar-refractivity contribution in [2.45, 2.75) is 0 Å². The van der Waals surface area contributed by atoms with Crippen molar-refractivity contribution in [2.75, 3.05) is 19.4 Å². The third-order valence-corrected chi connectivity index (χ3v) is 4.14. The van der Waals surface area contributed by atoms with E-state index in [0.29, 0.717) is 22.1 Å². The van der Waals surface area contributed by atoms with E-state index < -0.39 is 5.91 Å². The summed E-state index contributed by atoms with van der Waals surface area (Å²) >= 11 is 1.28. The number of carbonyl (C=O) groups excluding carboxylic acids is 2. The highest BCUT2D eigenvalue weighted by atomic mass is 32.1. The van der Waals surface area contributed by atoms with Gasteiger partial charge in [0.15, 0.2) is 10.8 Å². The second-order valence-electron chi connectivity index (χ2n) is 5.31. The Kier molecular flexibility index (Phi) is 4.80. The number of carbonyl (C=O) groups is 2. The zero-order chi connectivity index (χ0) is 17.8. The SMILES string of the molecule is CN(C)C(=O)c1ccccc1NC(=O)c1csc(-c2ncccn2)n1. The minimum atomic E-state index is -0.391. The quantitative estimate of drug-likeness (QED) is 0.779. The van der Waals surface area contributed by atoms with Crippen molar-refractivity contribution in [3.05, 3.63) is 59.4 Å². The van der Waals surface area contributed by atoms with Crippen LogP contribution in [-0.2, 0) is 0 Å². The number of rotatable bonds is 4. The highest BCUT2D eigenvalue weighted by Crippen LogP contribution is 2.21. The molecule has 3 rings (SSSR count). The number of anilines is 1. The minimum absolute atomic E-state index is 0.187. The summed E-state index contributed by atoms with van der Waals surface area (Å²) in [5, 5.41) is 4.94. The number of para-hydroxylation sites is 1. The maximum Gasteiger partial charge on any atom is 0.275 e. The number of nitrogens with one attached hydrogen (secondary N) is 1. The lowest BCUT2D eigenvalue weighted by atomic mass is 10.1. The first-order valence-corrected chi connectivity index (χ1v) is 8.29. The maximum absolute atomic E-state index is 12.5. The standard InChI is InChI=1S/C17H15N5O2S/c1-22(2)17(24)11-6-3-4-7-12(11)20-15(23)13-10-25-16(21-13)14-18-8-5-9-19-14/h3-10H,1-2H3,(H,20,23). The fourth-order valence-corrected chi connectivity index (χ4v) is 2.84. The van der Waals surface area contributed by atoms with Crippen LogP contribution in [0.25, 0.3) is 10.8 Å². The Bertz CT molecular complexity index is 908. The van der Waals surface area contributed by atoms with Gasteiger partial charge in [-0.05, 0) is 18.2 Å². The second-order valence-corrected chi connectivity index (χ2v) is 6.17. The molecule has 0 unspecified atom stereocenters. The normalized spacial score (nSPS) is 10.3. The van der Waals surface area contributed by atoms with Gasteiger partial charge in [0.1, 0.15) is 5.69 Å². The monoisotopic (exact) mass is 353 g/mol. The number of amides is 2. The largest absolute Gasteiger partial charge is 0.345 e. The van der Waals surface area contributed by atoms with Gasteiger partial charge in [0.25, 0.3) is 11.8 Å². The summed E-state index contributed by atoms with van der Waals surface area (Å²) in [5.41, 5.74) is 1.11. The van der Waals surface area contributed by atoms with Crippen LogP contribution in [0, 0.1) is 0 Å². The van der Waals surface area contributed by atoms with Crippen LogP contribution in [0.2, 0.25) is 0 Å². The van der Waals surface area contributed by atoms with Gasteiger partial charge >= 0.3 is 0 Å². The lowest BCUT2D eigenvalue weighted by molar-refractivity contribution is 0.0828. The number of hydrogen-bond acceptors (Lipinski definition) is 6. The van der Waals surface area contributed by atoms with Crippen molar-refractivity contribution >= 4 is 28.8 Å². The highest BCUT2D eigenvalue weighted by Gasteiger charge is 2.17. The molecule has 1 aromatic carbocycles. The van der Waals surface area contributed by atoms with Gasteiger partial charge < -0.3 is 10.2 Å². The first kappa shape index (κ1) is 16.7. The summed E-state index contributed by atoms with van der Waals surface area (Å²) in [6.07, 6.45) is 3.24. The predicted octanol–water partition coefficient (Wildman–Crippen LogP) is 2.55. The Labute approximate surface area is 148 Å². The summed E-state index contributed by atoms with van der Waals surface area (Å²) in [6.45, 7) is 0. The zero-order valence-electron chi connectivity index (χ0n) is 13.6. The maximum atomic E-state index is 12.5. The summed E-state index contributed by atoms with van der Waals surface area (Å²) in [5.74, 6) is -0.111. The molecule has 0 aliphatic heterocycles. The average molecular weight is 353 g/mol. The van der Waals surface area contributed by atoms with Crippen LogP contribution in [0.3, 0.4) is 0 Å². The Morgan fingerprint density at radius 3 is 2.52 bits per heavy atom. The summed E-state index contributed by atoms with van der Waals surface area (Å²) in [6, 6.07) is 8.57. The molecule has 0 fully saturated rings. The van der Waals surface area contributed by atoms with Crippen LogP contribution >= 0.6 is 11.3 Å². The number of aromatic nitrogens is 3. The van der Waals surface area contributed by atoms with E-state index in [9.17, 15) is 9.59 Å². The highest BCUT2D eigenvalue weighted by molar-refractivity contribution is 7.13. The third-order valence-electron chi connectivity index (χ3n) is 3.31. The second kappa shape index (κ2) is 7.18. The van der Waals surface area contributed by atoms with Crippen LogP contribution in [0.5, 0.6) is 0 Å². The van der Waals surface area contributed by atoms with Crippen molar-refractivity contribution in [3.8, 4) is 10.8 Å². The fourth-order valence-electron chi connectivity index (χ4n) is 2.10. The van der Waals surface area contributed by atoms with E-state index in [-0.39, 0.29) is 11.6 Å². The molecule has 2 amide bonds. The molecule has 0 radical (unpaired) electrons. The molecule has 0 aliphatic rings. The lowest BCUT2D eigenvalue weighted by Gasteiger charge is -2.14. The van der Waals surface area contributed by atoms with Crippen LogP contribution in [0.4, 0.5) is 5.69 Å². The Morgan fingerprint density at radius 1 is 1.08 bits per heavy atom. The molecule has 3 aromatic rings. The van der Waals surface area contributed by atoms with Gasteiger partial charge in [-0.1, -0.05) is 12.1 Å². The van der Waals surface area contributed by atoms with E-state index in [1.165, 1.54) is 16.2 Å². The van der Waals surface area contributed by atoms with Gasteiger partial charge in [-0.2, -0.15) is 0 Å². The first-order chi connectivity index (χ1) is 12.1. The van der Waals surface area contributed by atoms with Gasteiger partial charge in [0.2, 0.25) is 0 Å². The molecule has 0 saturated heterocycles. The van der Waals surface area contributed by atoms with Crippen molar-refractivity contribution in [1.82, 2.24) is 19.9 Å². The molecule has 0 saturated carbocycles. The van der Waals surface area contributed by atoms with Crippen molar-refractivity contribution in [2.24, 2.45) is 0 Å². The van der Waals surface area contributed by atoms with Crippen molar-refractivity contribution < 1.29 is 9.59 Å². The van der Waals surface area contributed by atoms with Gasteiger partial charge in [0.05, 0.1) is 11.3 Å². The zero-order valence-corrected chi connectivity index (χ0v) is 14.4. The molecule has 25 heavy (non-hydrogen) atoms. The predicted molar refractivity (Wildman–Crippen MR) is 95.6 cm³/mol. The van der Waals surface area contributed by atoms with Crippen LogP contribution < -0.4 is 5.32 Å². The van der Waals surface area contributed by atoms with E-state index in [1.54, 1.807) is 62.2 Å². The van der Waals surface area contributed by atoms with E-state index in [2.05, 4.69) is 20.3 Å². The van der Waals surface area contributed by atoms with E-state index >= 15 is 0 Å². The number of thiazole rings is 1. The number of hydrogen-bond donors (Lipinski definition) is 1. The Morgan fingerprint density at radius 2 is 1.80 bits per heavy atom. The molecule has 1 N–H and O–H groups in total. The molecule has 0 bridgehead atoms. The van der Waals surface area contributed by atoms with Crippen LogP contribution in [0.15, 0.2) is 48.1 Å². The van der Waals surface area contributed by atoms with Gasteiger partial charge in [0, 0.05) is 31.9 Å². The molecular weight excluding hydrogens is 338 g/mol. The van der Waals surface area contributed by atoms with E-state index in [0.717, 1.165) is 0 Å². The van der Waals surface area contributed by atoms with Gasteiger partial charge in [-0.3, -0.25) is 9.59 Å². The topological polar surface area (TPSA) is 88.1 Å². The Hall–Kier alpha value is -3.13. The summed E-state index contributed by atoms with van der Waals surface area (Å²) < 4.78 is 0. The molecule has 0 atom stereocenters. The molecule has 2 aromatic heterocycles.